The molecule has 16 heavy (non-hydrogen) atoms. The lowest BCUT2D eigenvalue weighted by Gasteiger charge is -2.05. The van der Waals surface area contributed by atoms with Crippen LogP contribution < -0.4 is 5.32 Å². The van der Waals surface area contributed by atoms with E-state index in [1.807, 2.05) is 30.3 Å². The highest BCUT2D eigenvalue weighted by molar-refractivity contribution is 6.33. The molecule has 1 aromatic carbocycles. The average molecular weight is 236 g/mol. The van der Waals surface area contributed by atoms with Crippen LogP contribution in [0.1, 0.15) is 12.7 Å². The van der Waals surface area contributed by atoms with Gasteiger partial charge >= 0.3 is 0 Å². The van der Waals surface area contributed by atoms with Crippen molar-refractivity contribution in [1.29, 1.82) is 0 Å². The summed E-state index contributed by atoms with van der Waals surface area (Å²) in [5.74, 6) is 0.926. The van der Waals surface area contributed by atoms with E-state index in [4.69, 9.17) is 16.0 Å². The molecule has 0 bridgehead atoms. The van der Waals surface area contributed by atoms with Crippen molar-refractivity contribution in [2.75, 3.05) is 6.54 Å². The first-order chi connectivity index (χ1) is 7.83. The van der Waals surface area contributed by atoms with E-state index in [-0.39, 0.29) is 0 Å². The zero-order chi connectivity index (χ0) is 11.4. The highest BCUT2D eigenvalue weighted by atomic mass is 35.5. The van der Waals surface area contributed by atoms with Gasteiger partial charge in [0, 0.05) is 16.1 Å². The molecule has 0 aliphatic carbocycles. The summed E-state index contributed by atoms with van der Waals surface area (Å²) >= 11 is 6.16. The van der Waals surface area contributed by atoms with Crippen LogP contribution in [0.15, 0.2) is 41.0 Å². The summed E-state index contributed by atoms with van der Waals surface area (Å²) in [4.78, 5) is 0. The second-order valence-electron chi connectivity index (χ2n) is 3.52. The normalized spacial score (nSPS) is 10.6. The lowest BCUT2D eigenvalue weighted by molar-refractivity contribution is 0.489. The van der Waals surface area contributed by atoms with Gasteiger partial charge in [0.1, 0.15) is 5.76 Å². The van der Waals surface area contributed by atoms with Gasteiger partial charge < -0.3 is 9.73 Å². The van der Waals surface area contributed by atoms with E-state index >= 15 is 0 Å². The van der Waals surface area contributed by atoms with Crippen LogP contribution in [-0.4, -0.2) is 6.54 Å². The molecule has 3 heteroatoms. The zero-order valence-corrected chi connectivity index (χ0v) is 9.92. The van der Waals surface area contributed by atoms with Gasteiger partial charge in [0.25, 0.3) is 0 Å². The van der Waals surface area contributed by atoms with Crippen molar-refractivity contribution in [3.8, 4) is 11.1 Å². The number of hydrogen-bond donors (Lipinski definition) is 1. The minimum absolute atomic E-state index is 0.726. The number of nitrogens with one attached hydrogen (secondary N) is 1. The molecule has 0 unspecified atom stereocenters. The molecule has 0 saturated heterocycles. The van der Waals surface area contributed by atoms with Gasteiger partial charge in [-0.25, -0.2) is 0 Å². The molecular weight excluding hydrogens is 222 g/mol. The van der Waals surface area contributed by atoms with Crippen LogP contribution in [0, 0.1) is 0 Å². The van der Waals surface area contributed by atoms with Crippen LogP contribution >= 0.6 is 11.6 Å². The molecule has 0 atom stereocenters. The predicted octanol–water partition coefficient (Wildman–Crippen LogP) is 3.71. The van der Waals surface area contributed by atoms with Gasteiger partial charge in [-0.1, -0.05) is 36.7 Å². The largest absolute Gasteiger partial charge is 0.467 e. The van der Waals surface area contributed by atoms with Crippen LogP contribution in [-0.2, 0) is 6.54 Å². The Morgan fingerprint density at radius 1 is 1.19 bits per heavy atom. The second kappa shape index (κ2) is 5.19. The third-order valence-electron chi connectivity index (χ3n) is 2.45. The Bertz CT molecular complexity index is 464. The first-order valence-corrected chi connectivity index (χ1v) is 5.72. The molecule has 0 fully saturated rings. The fraction of sp³-hybridized carbons (Fsp3) is 0.231. The standard InChI is InChI=1S/C13H14ClNO/c1-2-15-9-13-11(7-8-16-13)10-5-3-4-6-12(10)14/h3-8,15H,2,9H2,1H3. The van der Waals surface area contributed by atoms with Gasteiger partial charge in [0.05, 0.1) is 12.8 Å². The number of benzene rings is 1. The first kappa shape index (κ1) is 11.2. The third-order valence-corrected chi connectivity index (χ3v) is 2.77. The maximum Gasteiger partial charge on any atom is 0.125 e. The summed E-state index contributed by atoms with van der Waals surface area (Å²) < 4.78 is 5.45. The van der Waals surface area contributed by atoms with Crippen molar-refractivity contribution in [3.05, 3.63) is 47.4 Å². The molecular formula is C13H14ClNO. The fourth-order valence-corrected chi connectivity index (χ4v) is 1.87. The molecule has 0 amide bonds. The van der Waals surface area contributed by atoms with Crippen molar-refractivity contribution in [2.24, 2.45) is 0 Å². The minimum atomic E-state index is 0.726. The van der Waals surface area contributed by atoms with Crippen molar-refractivity contribution in [3.63, 3.8) is 0 Å². The van der Waals surface area contributed by atoms with Crippen molar-refractivity contribution in [1.82, 2.24) is 5.32 Å². The fourth-order valence-electron chi connectivity index (χ4n) is 1.64. The summed E-state index contributed by atoms with van der Waals surface area (Å²) in [6.45, 7) is 3.71. The smallest absolute Gasteiger partial charge is 0.125 e. The van der Waals surface area contributed by atoms with E-state index in [1.54, 1.807) is 6.26 Å². The van der Waals surface area contributed by atoms with Gasteiger partial charge in [-0.2, -0.15) is 0 Å². The summed E-state index contributed by atoms with van der Waals surface area (Å²) in [6.07, 6.45) is 1.70. The van der Waals surface area contributed by atoms with E-state index in [2.05, 4.69) is 12.2 Å². The van der Waals surface area contributed by atoms with E-state index in [9.17, 15) is 0 Å². The van der Waals surface area contributed by atoms with Crippen LogP contribution in [0.3, 0.4) is 0 Å². The van der Waals surface area contributed by atoms with E-state index in [0.29, 0.717) is 0 Å². The van der Waals surface area contributed by atoms with Gasteiger partial charge in [-0.15, -0.1) is 0 Å². The molecule has 1 aromatic heterocycles. The first-order valence-electron chi connectivity index (χ1n) is 5.35. The SMILES string of the molecule is CCNCc1occc1-c1ccccc1Cl. The third kappa shape index (κ3) is 2.29. The highest BCUT2D eigenvalue weighted by Crippen LogP contribution is 2.30. The maximum atomic E-state index is 6.16. The topological polar surface area (TPSA) is 25.2 Å². The average Bonchev–Trinajstić information content (AvgIpc) is 2.75. The van der Waals surface area contributed by atoms with Gasteiger partial charge in [-0.3, -0.25) is 0 Å². The van der Waals surface area contributed by atoms with Gasteiger partial charge in [0.15, 0.2) is 0 Å². The van der Waals surface area contributed by atoms with Gasteiger partial charge in [0.2, 0.25) is 0 Å². The Kier molecular flexibility index (Phi) is 3.65. The molecule has 0 aliphatic rings. The molecule has 0 saturated carbocycles. The summed E-state index contributed by atoms with van der Waals surface area (Å²) in [5.41, 5.74) is 2.08. The lowest BCUT2D eigenvalue weighted by atomic mass is 10.1. The molecule has 0 spiro atoms. The second-order valence-corrected chi connectivity index (χ2v) is 3.92. The van der Waals surface area contributed by atoms with Gasteiger partial charge in [-0.05, 0) is 18.7 Å². The minimum Gasteiger partial charge on any atom is -0.467 e. The Morgan fingerprint density at radius 2 is 2.00 bits per heavy atom. The maximum absolute atomic E-state index is 6.16. The monoisotopic (exact) mass is 235 g/mol. The highest BCUT2D eigenvalue weighted by Gasteiger charge is 2.10. The quantitative estimate of drug-likeness (QED) is 0.874. The van der Waals surface area contributed by atoms with Crippen LogP contribution in [0.25, 0.3) is 11.1 Å². The van der Waals surface area contributed by atoms with E-state index in [0.717, 1.165) is 35.0 Å². The Morgan fingerprint density at radius 3 is 2.75 bits per heavy atom. The van der Waals surface area contributed by atoms with Crippen LogP contribution in [0.5, 0.6) is 0 Å². The van der Waals surface area contributed by atoms with Crippen molar-refractivity contribution >= 4 is 11.6 Å². The Labute approximate surface area is 100 Å². The van der Waals surface area contributed by atoms with E-state index < -0.39 is 0 Å². The number of furan rings is 1. The molecule has 2 rings (SSSR count). The van der Waals surface area contributed by atoms with Crippen molar-refractivity contribution < 1.29 is 4.42 Å². The predicted molar refractivity (Wildman–Crippen MR) is 66.5 cm³/mol. The molecule has 0 radical (unpaired) electrons. The van der Waals surface area contributed by atoms with E-state index in [1.165, 1.54) is 0 Å². The molecule has 2 nitrogen and oxygen atoms in total. The summed E-state index contributed by atoms with van der Waals surface area (Å²) in [6, 6.07) is 9.75. The molecule has 1 N–H and O–H groups in total. The van der Waals surface area contributed by atoms with Crippen molar-refractivity contribution in [2.45, 2.75) is 13.5 Å². The lowest BCUT2D eigenvalue weighted by Crippen LogP contribution is -2.11. The Balaban J connectivity index is 2.33. The molecule has 84 valence electrons. The molecule has 0 aliphatic heterocycles. The number of halogens is 1. The number of hydrogen-bond acceptors (Lipinski definition) is 2. The Hall–Kier alpha value is -1.25. The summed E-state index contributed by atoms with van der Waals surface area (Å²) in [5, 5.41) is 3.99. The van der Waals surface area contributed by atoms with Crippen LogP contribution in [0.4, 0.5) is 0 Å². The number of rotatable bonds is 4. The molecule has 2 aromatic rings. The zero-order valence-electron chi connectivity index (χ0n) is 9.16. The van der Waals surface area contributed by atoms with Crippen LogP contribution in [0.2, 0.25) is 5.02 Å². The summed E-state index contributed by atoms with van der Waals surface area (Å²) in [7, 11) is 0. The molecule has 1 heterocycles.